The topological polar surface area (TPSA) is 96.2 Å². The third-order valence-corrected chi connectivity index (χ3v) is 3.38. The van der Waals surface area contributed by atoms with Crippen LogP contribution in [0.1, 0.15) is 52.5 Å². The molecule has 0 bridgehead atoms. The van der Waals surface area contributed by atoms with E-state index in [2.05, 4.69) is 4.99 Å². The van der Waals surface area contributed by atoms with Gasteiger partial charge in [0, 0.05) is 30.2 Å². The Bertz CT molecular complexity index is 644. The van der Waals surface area contributed by atoms with Crippen LogP contribution in [-0.2, 0) is 9.59 Å². The molecule has 1 aromatic rings. The number of Topliss-reactive ketones (excluding diaryl/α,β-unsaturated/α-hetero) is 1. The van der Waals surface area contributed by atoms with Gasteiger partial charge in [0.1, 0.15) is 11.5 Å². The van der Waals surface area contributed by atoms with E-state index in [-0.39, 0.29) is 36.5 Å². The summed E-state index contributed by atoms with van der Waals surface area (Å²) in [5, 5.41) is 18.7. The van der Waals surface area contributed by atoms with Crippen LogP contribution in [-0.4, -0.2) is 40.8 Å². The Kier molecular flexibility index (Phi) is 7.61. The van der Waals surface area contributed by atoms with Crippen LogP contribution in [0, 0.1) is 5.41 Å². The van der Waals surface area contributed by atoms with Crippen LogP contribution in [0.3, 0.4) is 0 Å². The van der Waals surface area contributed by atoms with Crippen LogP contribution < -0.4 is 4.74 Å². The minimum atomic E-state index is -0.866. The molecule has 138 valence electrons. The van der Waals surface area contributed by atoms with Gasteiger partial charge < -0.3 is 14.9 Å². The first-order chi connectivity index (χ1) is 11.6. The summed E-state index contributed by atoms with van der Waals surface area (Å²) in [7, 11) is 0. The van der Waals surface area contributed by atoms with Crippen molar-refractivity contribution in [1.82, 2.24) is 0 Å². The number of rotatable bonds is 9. The van der Waals surface area contributed by atoms with Crippen molar-refractivity contribution in [3.8, 4) is 11.5 Å². The van der Waals surface area contributed by atoms with Gasteiger partial charge in [-0.05, 0) is 30.9 Å². The number of hydrogen-bond donors (Lipinski definition) is 2. The number of phenolic OH excluding ortho intramolecular Hbond substituents is 1. The molecule has 6 heteroatoms. The number of phenols is 1. The van der Waals surface area contributed by atoms with Crippen molar-refractivity contribution in [3.63, 3.8) is 0 Å². The van der Waals surface area contributed by atoms with Crippen LogP contribution in [0.25, 0.3) is 0 Å². The second kappa shape index (κ2) is 9.20. The molecule has 0 atom stereocenters. The van der Waals surface area contributed by atoms with E-state index in [1.165, 1.54) is 6.07 Å². The molecule has 0 aliphatic rings. The molecule has 1 aromatic carbocycles. The quantitative estimate of drug-likeness (QED) is 0.526. The van der Waals surface area contributed by atoms with E-state index in [9.17, 15) is 14.7 Å². The number of hydrogen-bond acceptors (Lipinski definition) is 5. The number of carboxylic acid groups (broad SMARTS) is 1. The summed E-state index contributed by atoms with van der Waals surface area (Å²) in [5.41, 5.74) is 1.06. The number of ether oxygens (including phenoxy) is 1. The Morgan fingerprint density at radius 1 is 1.24 bits per heavy atom. The van der Waals surface area contributed by atoms with Gasteiger partial charge in [0.05, 0.1) is 13.2 Å². The predicted octanol–water partition coefficient (Wildman–Crippen LogP) is 3.45. The Balaban J connectivity index is 2.64. The Hall–Kier alpha value is -2.37. The van der Waals surface area contributed by atoms with Gasteiger partial charge in [0.25, 0.3) is 0 Å². The van der Waals surface area contributed by atoms with Gasteiger partial charge >= 0.3 is 5.97 Å². The number of aromatic hydroxyl groups is 1. The van der Waals surface area contributed by atoms with E-state index in [0.717, 1.165) is 0 Å². The average Bonchev–Trinajstić information content (AvgIpc) is 2.47. The zero-order valence-electron chi connectivity index (χ0n) is 15.3. The van der Waals surface area contributed by atoms with Crippen LogP contribution in [0.5, 0.6) is 11.5 Å². The van der Waals surface area contributed by atoms with Gasteiger partial charge in [-0.25, -0.2) is 0 Å². The largest absolute Gasteiger partial charge is 0.507 e. The van der Waals surface area contributed by atoms with Gasteiger partial charge in [0.2, 0.25) is 0 Å². The SMILES string of the molecule is CC(=NCC(=O)CC(C)(C)C)c1ccc(OCCCC(=O)O)cc1O. The maximum atomic E-state index is 11.9. The monoisotopic (exact) mass is 349 g/mol. The molecule has 0 unspecified atom stereocenters. The molecule has 0 radical (unpaired) electrons. The van der Waals surface area contributed by atoms with Crippen molar-refractivity contribution < 1.29 is 24.5 Å². The molecule has 0 spiro atoms. The number of nitrogens with zero attached hydrogens (tertiary/aromatic N) is 1. The summed E-state index contributed by atoms with van der Waals surface area (Å²) in [6.45, 7) is 8.11. The van der Waals surface area contributed by atoms with E-state index in [4.69, 9.17) is 9.84 Å². The van der Waals surface area contributed by atoms with E-state index in [1.54, 1.807) is 19.1 Å². The number of aliphatic imine (C=N–C) groups is 1. The molecule has 0 saturated carbocycles. The lowest BCUT2D eigenvalue weighted by Gasteiger charge is -2.16. The molecule has 25 heavy (non-hydrogen) atoms. The fourth-order valence-corrected chi connectivity index (χ4v) is 2.26. The molecule has 0 heterocycles. The van der Waals surface area contributed by atoms with Gasteiger partial charge in [-0.3, -0.25) is 14.6 Å². The van der Waals surface area contributed by atoms with E-state index in [0.29, 0.717) is 29.9 Å². The van der Waals surface area contributed by atoms with Crippen LogP contribution in [0.15, 0.2) is 23.2 Å². The number of benzene rings is 1. The lowest BCUT2D eigenvalue weighted by molar-refractivity contribution is -0.137. The lowest BCUT2D eigenvalue weighted by Crippen LogP contribution is -2.15. The second-order valence-electron chi connectivity index (χ2n) is 7.20. The van der Waals surface area contributed by atoms with E-state index < -0.39 is 5.97 Å². The third kappa shape index (κ3) is 8.33. The lowest BCUT2D eigenvalue weighted by atomic mass is 9.90. The van der Waals surface area contributed by atoms with Crippen LogP contribution >= 0.6 is 0 Å². The fraction of sp³-hybridized carbons (Fsp3) is 0.526. The molecule has 6 nitrogen and oxygen atoms in total. The summed E-state index contributed by atoms with van der Waals surface area (Å²) < 4.78 is 5.41. The Morgan fingerprint density at radius 2 is 1.92 bits per heavy atom. The highest BCUT2D eigenvalue weighted by Crippen LogP contribution is 2.25. The smallest absolute Gasteiger partial charge is 0.303 e. The molecule has 0 aliphatic heterocycles. The first-order valence-corrected chi connectivity index (χ1v) is 8.29. The highest BCUT2D eigenvalue weighted by Gasteiger charge is 2.15. The summed E-state index contributed by atoms with van der Waals surface area (Å²) >= 11 is 0. The highest BCUT2D eigenvalue weighted by molar-refractivity contribution is 6.02. The minimum Gasteiger partial charge on any atom is -0.507 e. The van der Waals surface area contributed by atoms with Crippen molar-refractivity contribution >= 4 is 17.5 Å². The predicted molar refractivity (Wildman–Crippen MR) is 96.6 cm³/mol. The zero-order valence-corrected chi connectivity index (χ0v) is 15.3. The van der Waals surface area contributed by atoms with Crippen LogP contribution in [0.4, 0.5) is 0 Å². The molecule has 0 aromatic heterocycles. The standard InChI is InChI=1S/C19H27NO5/c1-13(20-12-14(21)11-19(2,3)4)16-8-7-15(10-17(16)22)25-9-5-6-18(23)24/h7-8,10,22H,5-6,9,11-12H2,1-4H3,(H,23,24). The highest BCUT2D eigenvalue weighted by atomic mass is 16.5. The summed E-state index contributed by atoms with van der Waals surface area (Å²) in [6.07, 6.45) is 0.894. The number of carboxylic acids is 1. The molecule has 2 N–H and O–H groups in total. The number of ketones is 1. The van der Waals surface area contributed by atoms with Gasteiger partial charge in [-0.15, -0.1) is 0 Å². The minimum absolute atomic E-state index is 0.0141. The average molecular weight is 349 g/mol. The first-order valence-electron chi connectivity index (χ1n) is 8.29. The normalized spacial score (nSPS) is 12.1. The second-order valence-corrected chi connectivity index (χ2v) is 7.20. The zero-order chi connectivity index (χ0) is 19.0. The van der Waals surface area contributed by atoms with E-state index in [1.807, 2.05) is 20.8 Å². The van der Waals surface area contributed by atoms with Crippen LogP contribution in [0.2, 0.25) is 0 Å². The fourth-order valence-electron chi connectivity index (χ4n) is 2.26. The molecule has 1 rings (SSSR count). The number of carbonyl (C=O) groups is 2. The van der Waals surface area contributed by atoms with Gasteiger partial charge in [-0.1, -0.05) is 20.8 Å². The summed E-state index contributed by atoms with van der Waals surface area (Å²) in [5.74, 6) is -0.331. The van der Waals surface area contributed by atoms with Crippen molar-refractivity contribution in [2.24, 2.45) is 10.4 Å². The van der Waals surface area contributed by atoms with E-state index >= 15 is 0 Å². The van der Waals surface area contributed by atoms with Crippen molar-refractivity contribution in [2.45, 2.75) is 47.0 Å². The molecule has 0 amide bonds. The van der Waals surface area contributed by atoms with Crippen molar-refractivity contribution in [2.75, 3.05) is 13.2 Å². The number of carbonyl (C=O) groups excluding carboxylic acids is 1. The maximum Gasteiger partial charge on any atom is 0.303 e. The maximum absolute atomic E-state index is 11.9. The summed E-state index contributed by atoms with van der Waals surface area (Å²) in [4.78, 5) is 26.6. The third-order valence-electron chi connectivity index (χ3n) is 3.38. The Morgan fingerprint density at radius 3 is 2.48 bits per heavy atom. The first kappa shape index (κ1) is 20.7. The molecular weight excluding hydrogens is 322 g/mol. The molecular formula is C19H27NO5. The molecule has 0 aliphatic carbocycles. The van der Waals surface area contributed by atoms with Crippen molar-refractivity contribution in [1.29, 1.82) is 0 Å². The van der Waals surface area contributed by atoms with Crippen molar-refractivity contribution in [3.05, 3.63) is 23.8 Å². The Labute approximate surface area is 148 Å². The molecule has 0 saturated heterocycles. The molecule has 0 fully saturated rings. The van der Waals surface area contributed by atoms with Gasteiger partial charge in [-0.2, -0.15) is 0 Å². The summed E-state index contributed by atoms with van der Waals surface area (Å²) in [6, 6.07) is 4.83. The number of aliphatic carboxylic acids is 1. The van der Waals surface area contributed by atoms with Gasteiger partial charge in [0.15, 0.2) is 5.78 Å².